The van der Waals surface area contributed by atoms with Gasteiger partial charge in [-0.25, -0.2) is 4.79 Å². The van der Waals surface area contributed by atoms with Gasteiger partial charge in [-0.05, 0) is 31.2 Å². The van der Waals surface area contributed by atoms with Crippen LogP contribution >= 0.6 is 0 Å². The number of carbonyl (C=O) groups is 1. The van der Waals surface area contributed by atoms with Gasteiger partial charge in [-0.3, -0.25) is 4.21 Å². The minimum atomic E-state index is -1.02. The third kappa shape index (κ3) is 3.82. The number of likely N-dealkylation sites (N-methyl/N-ethyl adjacent to an activating group) is 1. The van der Waals surface area contributed by atoms with Crippen LogP contribution in [-0.4, -0.2) is 46.2 Å². The average molecular weight is 270 g/mol. The lowest BCUT2D eigenvalue weighted by molar-refractivity contribution is 0.166. The highest BCUT2D eigenvalue weighted by Gasteiger charge is 2.14. The monoisotopic (exact) mass is 270 g/mol. The van der Waals surface area contributed by atoms with Crippen LogP contribution in [0.15, 0.2) is 29.2 Å². The van der Waals surface area contributed by atoms with Crippen molar-refractivity contribution in [1.29, 1.82) is 0 Å². The van der Waals surface area contributed by atoms with E-state index < -0.39 is 10.8 Å². The first-order valence-corrected chi connectivity index (χ1v) is 7.09. The highest BCUT2D eigenvalue weighted by atomic mass is 32.2. The first kappa shape index (κ1) is 14.7. The molecule has 0 saturated heterocycles. The zero-order chi connectivity index (χ0) is 13.7. The number of rotatable bonds is 4. The predicted molar refractivity (Wildman–Crippen MR) is 72.1 cm³/mol. The van der Waals surface area contributed by atoms with Crippen LogP contribution < -0.4 is 5.32 Å². The lowest BCUT2D eigenvalue weighted by atomic mass is 10.3. The lowest BCUT2D eigenvalue weighted by Crippen LogP contribution is -2.40. The fourth-order valence-corrected chi connectivity index (χ4v) is 1.78. The van der Waals surface area contributed by atoms with Crippen molar-refractivity contribution in [2.75, 3.05) is 25.2 Å². The molecule has 2 atom stereocenters. The molecular formula is C12H18N2O3S. The van der Waals surface area contributed by atoms with Gasteiger partial charge in [0.1, 0.15) is 0 Å². The summed E-state index contributed by atoms with van der Waals surface area (Å²) >= 11 is 0. The van der Waals surface area contributed by atoms with Gasteiger partial charge in [0.15, 0.2) is 0 Å². The van der Waals surface area contributed by atoms with Gasteiger partial charge in [-0.15, -0.1) is 0 Å². The SMILES string of the molecule is CC(CO)N(C)C(=O)Nc1ccc(S(C)=O)cc1. The summed E-state index contributed by atoms with van der Waals surface area (Å²) in [6.07, 6.45) is 1.60. The molecule has 0 spiro atoms. The number of hydrogen-bond acceptors (Lipinski definition) is 3. The Morgan fingerprint density at radius 2 is 2.00 bits per heavy atom. The first-order chi connectivity index (χ1) is 8.45. The van der Waals surface area contributed by atoms with Gasteiger partial charge in [-0.2, -0.15) is 0 Å². The Bertz CT molecular complexity index is 433. The van der Waals surface area contributed by atoms with Gasteiger partial charge in [0, 0.05) is 34.7 Å². The fourth-order valence-electron chi connectivity index (χ4n) is 1.26. The smallest absolute Gasteiger partial charge is 0.321 e. The molecule has 0 heterocycles. The van der Waals surface area contributed by atoms with Crippen molar-refractivity contribution >= 4 is 22.5 Å². The number of amides is 2. The van der Waals surface area contributed by atoms with E-state index in [1.807, 2.05) is 0 Å². The zero-order valence-electron chi connectivity index (χ0n) is 10.7. The van der Waals surface area contributed by atoms with Crippen molar-refractivity contribution in [3.05, 3.63) is 24.3 Å². The number of benzene rings is 1. The average Bonchev–Trinajstić information content (AvgIpc) is 2.37. The summed E-state index contributed by atoms with van der Waals surface area (Å²) in [6, 6.07) is 6.29. The number of urea groups is 1. The molecule has 0 fully saturated rings. The van der Waals surface area contributed by atoms with Gasteiger partial charge < -0.3 is 15.3 Å². The van der Waals surface area contributed by atoms with Crippen LogP contribution in [0.1, 0.15) is 6.92 Å². The molecule has 18 heavy (non-hydrogen) atoms. The van der Waals surface area contributed by atoms with Crippen LogP contribution in [0.25, 0.3) is 0 Å². The van der Waals surface area contributed by atoms with Gasteiger partial charge in [-0.1, -0.05) is 0 Å². The van der Waals surface area contributed by atoms with Crippen molar-refractivity contribution in [2.45, 2.75) is 17.9 Å². The van der Waals surface area contributed by atoms with E-state index in [9.17, 15) is 9.00 Å². The van der Waals surface area contributed by atoms with Crippen LogP contribution in [0.2, 0.25) is 0 Å². The summed E-state index contributed by atoms with van der Waals surface area (Å²) in [6.45, 7) is 1.67. The summed E-state index contributed by atoms with van der Waals surface area (Å²) in [4.78, 5) is 13.9. The normalized spacial score (nSPS) is 13.8. The number of aliphatic hydroxyl groups excluding tert-OH is 1. The number of nitrogens with one attached hydrogen (secondary N) is 1. The molecule has 0 radical (unpaired) electrons. The number of anilines is 1. The maximum absolute atomic E-state index is 11.8. The maximum atomic E-state index is 11.8. The van der Waals surface area contributed by atoms with Gasteiger partial charge >= 0.3 is 6.03 Å². The Kier molecular flexibility index (Phi) is 5.30. The van der Waals surface area contributed by atoms with E-state index in [4.69, 9.17) is 5.11 Å². The van der Waals surface area contributed by atoms with Crippen LogP contribution in [-0.2, 0) is 10.8 Å². The Morgan fingerprint density at radius 3 is 2.44 bits per heavy atom. The van der Waals surface area contributed by atoms with E-state index >= 15 is 0 Å². The molecule has 0 aliphatic rings. The summed E-state index contributed by atoms with van der Waals surface area (Å²) in [5, 5.41) is 11.7. The van der Waals surface area contributed by atoms with Crippen molar-refractivity contribution in [1.82, 2.24) is 4.90 Å². The minimum Gasteiger partial charge on any atom is -0.394 e. The second kappa shape index (κ2) is 6.51. The molecule has 100 valence electrons. The van der Waals surface area contributed by atoms with Crippen LogP contribution in [0.4, 0.5) is 10.5 Å². The molecule has 2 N–H and O–H groups in total. The van der Waals surface area contributed by atoms with E-state index in [0.29, 0.717) is 10.6 Å². The molecule has 2 amide bonds. The van der Waals surface area contributed by atoms with Gasteiger partial charge in [0.25, 0.3) is 0 Å². The van der Waals surface area contributed by atoms with Crippen molar-refractivity contribution < 1.29 is 14.1 Å². The molecule has 1 rings (SSSR count). The van der Waals surface area contributed by atoms with E-state index in [0.717, 1.165) is 0 Å². The van der Waals surface area contributed by atoms with Crippen molar-refractivity contribution in [3.8, 4) is 0 Å². The topological polar surface area (TPSA) is 69.6 Å². The van der Waals surface area contributed by atoms with E-state index in [2.05, 4.69) is 5.32 Å². The fraction of sp³-hybridized carbons (Fsp3) is 0.417. The van der Waals surface area contributed by atoms with Gasteiger partial charge in [0.2, 0.25) is 0 Å². The second-order valence-electron chi connectivity index (χ2n) is 4.05. The molecular weight excluding hydrogens is 252 g/mol. The van der Waals surface area contributed by atoms with E-state index in [-0.39, 0.29) is 18.7 Å². The summed E-state index contributed by atoms with van der Waals surface area (Å²) in [5.41, 5.74) is 0.631. The Labute approximate surface area is 109 Å². The Balaban J connectivity index is 2.67. The molecule has 0 aliphatic heterocycles. The number of hydrogen-bond donors (Lipinski definition) is 2. The summed E-state index contributed by atoms with van der Waals surface area (Å²) in [7, 11) is 0.593. The number of aliphatic hydroxyl groups is 1. The first-order valence-electron chi connectivity index (χ1n) is 5.54. The van der Waals surface area contributed by atoms with Crippen LogP contribution in [0.3, 0.4) is 0 Å². The van der Waals surface area contributed by atoms with Crippen LogP contribution in [0.5, 0.6) is 0 Å². The molecule has 0 aromatic heterocycles. The van der Waals surface area contributed by atoms with E-state index in [1.54, 1.807) is 44.5 Å². The molecule has 1 aromatic carbocycles. The standard InChI is InChI=1S/C12H18N2O3S/c1-9(8-15)14(2)12(16)13-10-4-6-11(7-5-10)18(3)17/h4-7,9,15H,8H2,1-3H3,(H,13,16). The minimum absolute atomic E-state index is 0.0856. The molecule has 1 aromatic rings. The van der Waals surface area contributed by atoms with Crippen molar-refractivity contribution in [2.24, 2.45) is 0 Å². The maximum Gasteiger partial charge on any atom is 0.321 e. The molecule has 2 unspecified atom stereocenters. The number of nitrogens with zero attached hydrogens (tertiary/aromatic N) is 1. The molecule has 0 saturated carbocycles. The Morgan fingerprint density at radius 1 is 1.44 bits per heavy atom. The summed E-state index contributed by atoms with van der Waals surface area (Å²) < 4.78 is 11.2. The lowest BCUT2D eigenvalue weighted by Gasteiger charge is -2.23. The van der Waals surface area contributed by atoms with E-state index in [1.165, 1.54) is 4.90 Å². The predicted octanol–water partition coefficient (Wildman–Crippen LogP) is 1.27. The van der Waals surface area contributed by atoms with Crippen LogP contribution in [0, 0.1) is 0 Å². The third-order valence-electron chi connectivity index (χ3n) is 2.68. The largest absolute Gasteiger partial charge is 0.394 e. The quantitative estimate of drug-likeness (QED) is 0.865. The number of carbonyl (C=O) groups excluding carboxylic acids is 1. The zero-order valence-corrected chi connectivity index (χ0v) is 11.5. The molecule has 5 nitrogen and oxygen atoms in total. The Hall–Kier alpha value is -1.40. The second-order valence-corrected chi connectivity index (χ2v) is 5.43. The highest BCUT2D eigenvalue weighted by Crippen LogP contribution is 2.12. The molecule has 0 aliphatic carbocycles. The van der Waals surface area contributed by atoms with Gasteiger partial charge in [0.05, 0.1) is 12.6 Å². The molecule has 6 heteroatoms. The summed E-state index contributed by atoms with van der Waals surface area (Å²) in [5.74, 6) is 0. The highest BCUT2D eigenvalue weighted by molar-refractivity contribution is 7.84. The molecule has 0 bridgehead atoms. The van der Waals surface area contributed by atoms with Crippen molar-refractivity contribution in [3.63, 3.8) is 0 Å². The third-order valence-corrected chi connectivity index (χ3v) is 3.62.